The molecule has 2 aliphatic heterocycles. The molecule has 0 saturated carbocycles. The Bertz CT molecular complexity index is 633. The van der Waals surface area contributed by atoms with Crippen LogP contribution in [0, 0.1) is 17.2 Å². The fourth-order valence-corrected chi connectivity index (χ4v) is 4.31. The normalized spacial score (nSPS) is 43.0. The maximum Gasteiger partial charge on any atom is 0.228 e. The highest BCUT2D eigenvalue weighted by Gasteiger charge is 2.49. The van der Waals surface area contributed by atoms with Gasteiger partial charge in [0, 0.05) is 17.8 Å². The first kappa shape index (κ1) is 22.7. The number of hydrogen-bond donors (Lipinski definition) is 2. The van der Waals surface area contributed by atoms with Gasteiger partial charge in [-0.15, -0.1) is 0 Å². The van der Waals surface area contributed by atoms with Gasteiger partial charge in [0.15, 0.2) is 12.2 Å². The average Bonchev–Trinajstić information content (AvgIpc) is 2.70. The first-order chi connectivity index (χ1) is 14.2. The van der Waals surface area contributed by atoms with Crippen molar-refractivity contribution in [1.82, 2.24) is 0 Å². The van der Waals surface area contributed by atoms with Crippen molar-refractivity contribution in [3.8, 4) is 0 Å². The van der Waals surface area contributed by atoms with Crippen molar-refractivity contribution in [3.63, 3.8) is 0 Å². The Kier molecular flexibility index (Phi) is 8.49. The Labute approximate surface area is 177 Å². The van der Waals surface area contributed by atoms with Crippen LogP contribution in [-0.2, 0) is 23.1 Å². The van der Waals surface area contributed by atoms with Crippen LogP contribution in [0.5, 0.6) is 0 Å². The Morgan fingerprint density at radius 2 is 2.03 bits per heavy atom. The molecule has 10 atom stereocenters. The third-order valence-corrected chi connectivity index (χ3v) is 5.83. The third-order valence-electron chi connectivity index (χ3n) is 5.50. The lowest BCUT2D eigenvalue weighted by Gasteiger charge is -2.47. The Hall–Kier alpha value is -1.01. The van der Waals surface area contributed by atoms with Gasteiger partial charge in [-0.1, -0.05) is 37.8 Å². The minimum atomic E-state index is -1.01. The van der Waals surface area contributed by atoms with E-state index in [-0.39, 0.29) is 29.9 Å². The molecule has 0 aliphatic carbocycles. The second-order valence-corrected chi connectivity index (χ2v) is 7.88. The molecule has 1 radical (unpaired) electrons. The summed E-state index contributed by atoms with van der Waals surface area (Å²) in [4.78, 5) is 2.95. The van der Waals surface area contributed by atoms with Crippen molar-refractivity contribution in [2.75, 3.05) is 0 Å². The standard InChI is InChI=1S/C17H30BN4O6S/c1-6-11-15(28-29-18)7(2)12(21-22-20)16(26-11)27-14-8(3)13(23)17(24-9(14)4)25-10(5)19/h7-9,11-19,23H,6H2,1-5H3/t7-,8-,9?,11?,12?,13?,14-,15-,16+,17+/m1/s1/i18T. The zero-order valence-electron chi connectivity index (χ0n) is 18.3. The van der Waals surface area contributed by atoms with Crippen LogP contribution in [0.4, 0.5) is 0 Å². The molecule has 0 aromatic heterocycles. The first-order valence-corrected chi connectivity index (χ1v) is 10.5. The number of rotatable bonds is 8. The molecule has 0 bridgehead atoms. The molecule has 2 saturated heterocycles. The monoisotopic (exact) mass is 431 g/mol. The minimum Gasteiger partial charge on any atom is -0.450 e. The van der Waals surface area contributed by atoms with E-state index in [9.17, 15) is 5.11 Å². The summed E-state index contributed by atoms with van der Waals surface area (Å²) in [5.41, 5.74) is 9.07. The molecule has 2 fully saturated rings. The van der Waals surface area contributed by atoms with Crippen molar-refractivity contribution in [2.45, 2.75) is 90.2 Å². The average molecular weight is 431 g/mol. The molecule has 2 N–H and O–H groups in total. The number of nitrogens with zero attached hydrogens (tertiary/aromatic N) is 3. The van der Waals surface area contributed by atoms with Crippen LogP contribution in [0.3, 0.4) is 0 Å². The van der Waals surface area contributed by atoms with E-state index in [1.807, 2.05) is 20.8 Å². The third kappa shape index (κ3) is 5.58. The van der Waals surface area contributed by atoms with E-state index < -0.39 is 36.9 Å². The van der Waals surface area contributed by atoms with Gasteiger partial charge >= 0.3 is 0 Å². The van der Waals surface area contributed by atoms with Crippen LogP contribution in [0.1, 0.15) is 41.0 Å². The van der Waals surface area contributed by atoms with Gasteiger partial charge in [-0.2, -0.15) is 0 Å². The molecule has 163 valence electrons. The van der Waals surface area contributed by atoms with Crippen LogP contribution in [0.25, 0.3) is 10.4 Å². The lowest BCUT2D eigenvalue weighted by atomic mass is 9.87. The maximum absolute atomic E-state index is 10.6. The molecule has 0 spiro atoms. The summed E-state index contributed by atoms with van der Waals surface area (Å²) in [6.07, 6.45) is -3.88. The highest BCUT2D eigenvalue weighted by Crippen LogP contribution is 2.37. The van der Waals surface area contributed by atoms with Crippen molar-refractivity contribution in [2.24, 2.45) is 17.0 Å². The van der Waals surface area contributed by atoms with E-state index in [1.165, 1.54) is 6.92 Å². The van der Waals surface area contributed by atoms with Gasteiger partial charge in [-0.25, -0.2) is 0 Å². The highest BCUT2D eigenvalue weighted by atomic mass is 32.2. The van der Waals surface area contributed by atoms with Crippen molar-refractivity contribution in [1.29, 1.82) is 6.74 Å². The van der Waals surface area contributed by atoms with E-state index in [1.54, 1.807) is 6.92 Å². The first-order valence-electron chi connectivity index (χ1n) is 10.2. The van der Waals surface area contributed by atoms with Crippen LogP contribution in [0.15, 0.2) is 5.11 Å². The van der Waals surface area contributed by atoms with Crippen LogP contribution in [0.2, 0.25) is 0 Å². The molecule has 4 unspecified atom stereocenters. The van der Waals surface area contributed by atoms with E-state index in [4.69, 9.17) is 35.4 Å². The summed E-state index contributed by atoms with van der Waals surface area (Å²) in [7, 11) is 1.09. The molecule has 0 amide bonds. The van der Waals surface area contributed by atoms with Gasteiger partial charge in [-0.05, 0) is 26.1 Å². The van der Waals surface area contributed by atoms with E-state index in [0.717, 1.165) is 19.0 Å². The molecular weight excluding hydrogens is 399 g/mol. The van der Waals surface area contributed by atoms with Crippen LogP contribution >= 0.6 is 11.9 Å². The largest absolute Gasteiger partial charge is 0.450 e. The number of aliphatic hydroxyl groups excluding tert-OH is 1. The molecule has 0 aromatic carbocycles. The Balaban J connectivity index is 2.18. The Morgan fingerprint density at radius 3 is 2.62 bits per heavy atom. The zero-order valence-corrected chi connectivity index (χ0v) is 18.1. The van der Waals surface area contributed by atoms with Gasteiger partial charge in [0.2, 0.25) is 13.4 Å². The molecule has 2 aliphatic rings. The number of nitrogens with one attached hydrogen (secondary N) is 1. The predicted octanol–water partition coefficient (Wildman–Crippen LogP) is 2.43. The molecule has 29 heavy (non-hydrogen) atoms. The van der Waals surface area contributed by atoms with E-state index in [0.29, 0.717) is 6.42 Å². The number of ether oxygens (including phenoxy) is 4. The summed E-state index contributed by atoms with van der Waals surface area (Å²) in [5.74, 6) is -0.662. The topological polar surface area (TPSA) is 139 Å². The molecular formula is C17H30BN4O6S. The van der Waals surface area contributed by atoms with Gasteiger partial charge in [-0.3, -0.25) is 5.41 Å². The quantitative estimate of drug-likeness (QED) is 0.114. The van der Waals surface area contributed by atoms with Gasteiger partial charge in [0.1, 0.15) is 12.2 Å². The summed E-state index contributed by atoms with van der Waals surface area (Å²) < 4.78 is 36.2. The van der Waals surface area contributed by atoms with Crippen molar-refractivity contribution >= 4 is 24.9 Å². The maximum atomic E-state index is 10.6. The number of aliphatic hydroxyl groups is 1. The zero-order chi connectivity index (χ0) is 22.4. The highest BCUT2D eigenvalue weighted by molar-refractivity contribution is 8.15. The fourth-order valence-electron chi connectivity index (χ4n) is 3.89. The van der Waals surface area contributed by atoms with Gasteiger partial charge < -0.3 is 28.2 Å². The minimum absolute atomic E-state index is 0.0506. The van der Waals surface area contributed by atoms with Crippen LogP contribution < -0.4 is 0 Å². The second-order valence-electron chi connectivity index (χ2n) is 7.50. The second kappa shape index (κ2) is 10.9. The smallest absolute Gasteiger partial charge is 0.228 e. The summed E-state index contributed by atoms with van der Waals surface area (Å²) in [6, 6.07) is -0.663. The van der Waals surface area contributed by atoms with E-state index >= 15 is 0 Å². The summed E-state index contributed by atoms with van der Waals surface area (Å²) in [5, 5.41) is 21.9. The van der Waals surface area contributed by atoms with Crippen LogP contribution in [-0.4, -0.2) is 68.6 Å². The molecule has 0 aromatic rings. The van der Waals surface area contributed by atoms with Gasteiger partial charge in [0.05, 0.1) is 24.4 Å². The van der Waals surface area contributed by atoms with E-state index in [2.05, 4.69) is 10.0 Å². The fraction of sp³-hybridized carbons (Fsp3) is 0.941. The SMILES string of the molecule is [3H][B]SO[C@H]1C(CC)O[C@@H](O[C@H]2C(C)O[C@@H](OC(C)=N)C(O)[C@H]2C)C(N=[N+]=[N-])[C@H]1C. The lowest BCUT2D eigenvalue weighted by molar-refractivity contribution is -0.315. The van der Waals surface area contributed by atoms with Crippen molar-refractivity contribution in [3.05, 3.63) is 10.4 Å². The summed E-state index contributed by atoms with van der Waals surface area (Å²) >= 11 is 0.902. The Morgan fingerprint density at radius 1 is 1.31 bits per heavy atom. The molecule has 12 heteroatoms. The predicted molar refractivity (Wildman–Crippen MR) is 110 cm³/mol. The summed E-state index contributed by atoms with van der Waals surface area (Å²) in [6.45, 7) is 8.92. The molecule has 10 nitrogen and oxygen atoms in total. The number of azide groups is 1. The van der Waals surface area contributed by atoms with Crippen molar-refractivity contribution < 1.29 is 28.2 Å². The molecule has 2 heterocycles. The lowest BCUT2D eigenvalue weighted by Crippen LogP contribution is -2.59. The van der Waals surface area contributed by atoms with Gasteiger partial charge in [0.25, 0.3) is 0 Å². The molecule has 2 rings (SSSR count). The number of hydrogen-bond acceptors (Lipinski definition) is 9.